The summed E-state index contributed by atoms with van der Waals surface area (Å²) in [6.45, 7) is 8.86. The van der Waals surface area contributed by atoms with Gasteiger partial charge in [-0.25, -0.2) is 0 Å². The molecule has 1 aliphatic rings. The van der Waals surface area contributed by atoms with E-state index in [0.717, 1.165) is 13.0 Å². The van der Waals surface area contributed by atoms with Gasteiger partial charge in [0.15, 0.2) is 0 Å². The molecule has 0 bridgehead atoms. The number of esters is 1. The minimum absolute atomic E-state index is 0.0673. The lowest BCUT2D eigenvalue weighted by Gasteiger charge is -2.51. The molecule has 1 aliphatic heterocycles. The highest BCUT2D eigenvalue weighted by molar-refractivity contribution is 5.78. The zero-order valence-electron chi connectivity index (χ0n) is 16.2. The van der Waals surface area contributed by atoms with E-state index in [1.54, 1.807) is 0 Å². The third kappa shape index (κ3) is 3.99. The summed E-state index contributed by atoms with van der Waals surface area (Å²) in [5.41, 5.74) is 1.95. The minimum Gasteiger partial charge on any atom is -0.459 e. The van der Waals surface area contributed by atoms with Crippen LogP contribution in [0.3, 0.4) is 0 Å². The summed E-state index contributed by atoms with van der Waals surface area (Å²) in [7, 11) is 0. The third-order valence-corrected chi connectivity index (χ3v) is 4.98. The van der Waals surface area contributed by atoms with Crippen LogP contribution in [0.1, 0.15) is 51.3 Å². The molecule has 3 heteroatoms. The highest BCUT2D eigenvalue weighted by Crippen LogP contribution is 2.40. The van der Waals surface area contributed by atoms with E-state index in [4.69, 9.17) is 4.74 Å². The molecule has 1 heterocycles. The zero-order valence-corrected chi connectivity index (χ0v) is 16.2. The van der Waals surface area contributed by atoms with Gasteiger partial charge >= 0.3 is 5.97 Å². The second kappa shape index (κ2) is 7.63. The average Bonchev–Trinajstić information content (AvgIpc) is 2.58. The van der Waals surface area contributed by atoms with Gasteiger partial charge in [0.25, 0.3) is 0 Å². The van der Waals surface area contributed by atoms with Crippen molar-refractivity contribution < 1.29 is 9.53 Å². The van der Waals surface area contributed by atoms with Crippen LogP contribution in [0.15, 0.2) is 60.7 Å². The molecule has 0 aliphatic carbocycles. The first-order valence-electron chi connectivity index (χ1n) is 9.49. The molecule has 0 spiro atoms. The monoisotopic (exact) mass is 351 g/mol. The molecule has 3 rings (SSSR count). The highest BCUT2D eigenvalue weighted by Gasteiger charge is 2.48. The van der Waals surface area contributed by atoms with E-state index in [-0.39, 0.29) is 18.1 Å². The van der Waals surface area contributed by atoms with Gasteiger partial charge in [0.2, 0.25) is 0 Å². The van der Waals surface area contributed by atoms with Crippen LogP contribution < -0.4 is 0 Å². The van der Waals surface area contributed by atoms with E-state index in [1.165, 1.54) is 11.1 Å². The Hall–Kier alpha value is -2.13. The molecule has 3 nitrogen and oxygen atoms in total. The van der Waals surface area contributed by atoms with Gasteiger partial charge in [0.05, 0.1) is 6.04 Å². The summed E-state index contributed by atoms with van der Waals surface area (Å²) in [6.07, 6.45) is 0.983. The van der Waals surface area contributed by atoms with E-state index in [2.05, 4.69) is 60.4 Å². The first-order chi connectivity index (χ1) is 12.4. The number of hydrogen-bond donors (Lipinski definition) is 0. The summed E-state index contributed by atoms with van der Waals surface area (Å²) in [6, 6.07) is 20.7. The van der Waals surface area contributed by atoms with Crippen LogP contribution >= 0.6 is 0 Å². The number of ether oxygens (including phenoxy) is 1. The van der Waals surface area contributed by atoms with Gasteiger partial charge in [-0.2, -0.15) is 0 Å². The van der Waals surface area contributed by atoms with Crippen LogP contribution in [-0.2, 0) is 9.53 Å². The summed E-state index contributed by atoms with van der Waals surface area (Å²) in [5.74, 6) is 0.243. The molecule has 0 unspecified atom stereocenters. The molecule has 0 N–H and O–H groups in total. The number of hydrogen-bond acceptors (Lipinski definition) is 3. The lowest BCUT2D eigenvalue weighted by molar-refractivity contribution is -0.174. The first-order valence-corrected chi connectivity index (χ1v) is 9.49. The molecule has 1 fully saturated rings. The van der Waals surface area contributed by atoms with Gasteiger partial charge in [0, 0.05) is 6.54 Å². The van der Waals surface area contributed by atoms with E-state index in [9.17, 15) is 4.79 Å². The van der Waals surface area contributed by atoms with E-state index in [0.29, 0.717) is 5.92 Å². The van der Waals surface area contributed by atoms with Gasteiger partial charge in [-0.15, -0.1) is 0 Å². The Morgan fingerprint density at radius 2 is 1.54 bits per heavy atom. The van der Waals surface area contributed by atoms with Gasteiger partial charge in [-0.05, 0) is 37.8 Å². The second-order valence-electron chi connectivity index (χ2n) is 8.07. The molecule has 0 aromatic heterocycles. The number of carbonyl (C=O) groups excluding carboxylic acids is 1. The van der Waals surface area contributed by atoms with Crippen molar-refractivity contribution in [3.8, 4) is 0 Å². The standard InChI is InChI=1S/C23H29NO2/c1-5-17-16-24(21(17)22(25)26-23(2,3)4)20(18-12-8-6-9-13-18)19-14-10-7-11-15-19/h6-15,17,20-21H,5,16H2,1-4H3/t17-,21-/m1/s1. The van der Waals surface area contributed by atoms with Crippen molar-refractivity contribution in [3.63, 3.8) is 0 Å². The summed E-state index contributed by atoms with van der Waals surface area (Å²) >= 11 is 0. The maximum Gasteiger partial charge on any atom is 0.324 e. The smallest absolute Gasteiger partial charge is 0.324 e. The topological polar surface area (TPSA) is 29.5 Å². The molecule has 2 aromatic carbocycles. The predicted octanol–water partition coefficient (Wildman–Crippen LogP) is 4.83. The van der Waals surface area contributed by atoms with Gasteiger partial charge in [-0.3, -0.25) is 9.69 Å². The van der Waals surface area contributed by atoms with Crippen molar-refractivity contribution in [1.29, 1.82) is 0 Å². The predicted molar refractivity (Wildman–Crippen MR) is 105 cm³/mol. The molecule has 26 heavy (non-hydrogen) atoms. The van der Waals surface area contributed by atoms with Crippen LogP contribution in [0.5, 0.6) is 0 Å². The summed E-state index contributed by atoms with van der Waals surface area (Å²) in [4.78, 5) is 15.2. The lowest BCUT2D eigenvalue weighted by Crippen LogP contribution is -2.62. The Balaban J connectivity index is 1.94. The van der Waals surface area contributed by atoms with Crippen molar-refractivity contribution in [1.82, 2.24) is 4.90 Å². The number of rotatable bonds is 5. The molecular weight excluding hydrogens is 322 g/mol. The Morgan fingerprint density at radius 3 is 1.96 bits per heavy atom. The quantitative estimate of drug-likeness (QED) is 0.723. The molecular formula is C23H29NO2. The normalized spacial score (nSPS) is 20.7. The zero-order chi connectivity index (χ0) is 18.7. The van der Waals surface area contributed by atoms with E-state index < -0.39 is 5.60 Å². The van der Waals surface area contributed by atoms with Crippen molar-refractivity contribution in [3.05, 3.63) is 71.8 Å². The fraction of sp³-hybridized carbons (Fsp3) is 0.435. The van der Waals surface area contributed by atoms with Crippen LogP contribution in [0.25, 0.3) is 0 Å². The summed E-state index contributed by atoms with van der Waals surface area (Å²) in [5, 5.41) is 0. The van der Waals surface area contributed by atoms with Crippen molar-refractivity contribution in [2.24, 2.45) is 5.92 Å². The van der Waals surface area contributed by atoms with Crippen molar-refractivity contribution in [2.45, 2.75) is 51.8 Å². The number of carbonyl (C=O) groups is 1. The Morgan fingerprint density at radius 1 is 1.04 bits per heavy atom. The van der Waals surface area contributed by atoms with Gasteiger partial charge < -0.3 is 4.74 Å². The van der Waals surface area contributed by atoms with Crippen LogP contribution in [0, 0.1) is 5.92 Å². The average molecular weight is 351 g/mol. The van der Waals surface area contributed by atoms with E-state index >= 15 is 0 Å². The van der Waals surface area contributed by atoms with Gasteiger partial charge in [-0.1, -0.05) is 74.0 Å². The highest BCUT2D eigenvalue weighted by atomic mass is 16.6. The summed E-state index contributed by atoms with van der Waals surface area (Å²) < 4.78 is 5.75. The molecule has 0 radical (unpaired) electrons. The van der Waals surface area contributed by atoms with Crippen LogP contribution in [0.4, 0.5) is 0 Å². The minimum atomic E-state index is -0.467. The molecule has 138 valence electrons. The largest absolute Gasteiger partial charge is 0.459 e. The van der Waals surface area contributed by atoms with Crippen LogP contribution in [0.2, 0.25) is 0 Å². The molecule has 1 saturated heterocycles. The Bertz CT molecular complexity index is 681. The van der Waals surface area contributed by atoms with Crippen molar-refractivity contribution >= 4 is 5.97 Å². The molecule has 0 amide bonds. The maximum atomic E-state index is 12.9. The Labute approximate surface area is 157 Å². The molecule has 2 aromatic rings. The number of benzene rings is 2. The fourth-order valence-corrected chi connectivity index (χ4v) is 3.77. The molecule has 2 atom stereocenters. The van der Waals surface area contributed by atoms with E-state index in [1.807, 2.05) is 32.9 Å². The first kappa shape index (κ1) is 18.7. The third-order valence-electron chi connectivity index (χ3n) is 4.98. The van der Waals surface area contributed by atoms with Crippen LogP contribution in [-0.4, -0.2) is 29.1 Å². The Kier molecular flexibility index (Phi) is 5.47. The number of nitrogens with zero attached hydrogens (tertiary/aromatic N) is 1. The SMILES string of the molecule is CC[C@@H]1CN(C(c2ccccc2)c2ccccc2)[C@H]1C(=O)OC(C)(C)C. The van der Waals surface area contributed by atoms with Gasteiger partial charge in [0.1, 0.15) is 11.6 Å². The second-order valence-corrected chi connectivity index (χ2v) is 8.07. The number of likely N-dealkylation sites (tertiary alicyclic amines) is 1. The van der Waals surface area contributed by atoms with Crippen molar-refractivity contribution in [2.75, 3.05) is 6.54 Å². The lowest BCUT2D eigenvalue weighted by atomic mass is 9.81. The fourth-order valence-electron chi connectivity index (χ4n) is 3.77. The molecule has 0 saturated carbocycles. The maximum absolute atomic E-state index is 12.9.